The molecule has 1 aromatic carbocycles. The number of hydrogen-bond acceptors (Lipinski definition) is 4. The van der Waals surface area contributed by atoms with Crippen LogP contribution in [0, 0.1) is 13.8 Å². The molecule has 0 N–H and O–H groups in total. The standard InChI is InChI=1S/C15H20N2O4S/c1-11-6-12(2)8-13(7-11)17-5-4-16(9-14(17)18)15(19)10-22(3,20)21/h6-8H,4-5,9-10H2,1-3H3. The van der Waals surface area contributed by atoms with Gasteiger partial charge in [-0.05, 0) is 37.1 Å². The van der Waals surface area contributed by atoms with Gasteiger partial charge in [0.05, 0.1) is 0 Å². The van der Waals surface area contributed by atoms with Crippen molar-refractivity contribution in [3.05, 3.63) is 29.3 Å². The summed E-state index contributed by atoms with van der Waals surface area (Å²) in [5, 5.41) is 0. The number of benzene rings is 1. The van der Waals surface area contributed by atoms with Gasteiger partial charge in [-0.25, -0.2) is 8.42 Å². The molecule has 7 heteroatoms. The molecule has 6 nitrogen and oxygen atoms in total. The molecule has 0 atom stereocenters. The lowest BCUT2D eigenvalue weighted by Gasteiger charge is -2.34. The molecule has 0 aromatic heterocycles. The number of sulfone groups is 1. The van der Waals surface area contributed by atoms with Gasteiger partial charge in [-0.2, -0.15) is 0 Å². The highest BCUT2D eigenvalue weighted by molar-refractivity contribution is 7.91. The molecular weight excluding hydrogens is 304 g/mol. The van der Waals surface area contributed by atoms with E-state index in [-0.39, 0.29) is 12.5 Å². The van der Waals surface area contributed by atoms with E-state index in [4.69, 9.17) is 0 Å². The highest BCUT2D eigenvalue weighted by Crippen LogP contribution is 2.21. The largest absolute Gasteiger partial charge is 0.331 e. The maximum absolute atomic E-state index is 12.3. The lowest BCUT2D eigenvalue weighted by molar-refractivity contribution is -0.134. The van der Waals surface area contributed by atoms with Crippen molar-refractivity contribution >= 4 is 27.3 Å². The summed E-state index contributed by atoms with van der Waals surface area (Å²) in [4.78, 5) is 27.1. The van der Waals surface area contributed by atoms with Crippen LogP contribution in [0.1, 0.15) is 11.1 Å². The second kappa shape index (κ2) is 6.08. The minimum atomic E-state index is -3.38. The van der Waals surface area contributed by atoms with Gasteiger partial charge in [-0.1, -0.05) is 6.07 Å². The fraction of sp³-hybridized carbons (Fsp3) is 0.467. The maximum Gasteiger partial charge on any atom is 0.246 e. The molecule has 0 saturated carbocycles. The number of hydrogen-bond donors (Lipinski definition) is 0. The zero-order valence-electron chi connectivity index (χ0n) is 13.0. The SMILES string of the molecule is Cc1cc(C)cc(N2CCN(C(=O)CS(C)(=O)=O)CC2=O)c1. The van der Waals surface area contributed by atoms with Gasteiger partial charge in [0.1, 0.15) is 12.3 Å². The topological polar surface area (TPSA) is 74.8 Å². The Morgan fingerprint density at radius 1 is 1.14 bits per heavy atom. The molecule has 2 rings (SSSR count). The first kappa shape index (κ1) is 16.5. The second-order valence-corrected chi connectivity index (χ2v) is 7.92. The number of amides is 2. The third kappa shape index (κ3) is 4.07. The van der Waals surface area contributed by atoms with Crippen molar-refractivity contribution in [3.8, 4) is 0 Å². The molecule has 0 spiro atoms. The number of piperazine rings is 1. The van der Waals surface area contributed by atoms with Gasteiger partial charge >= 0.3 is 0 Å². The third-order valence-corrected chi connectivity index (χ3v) is 4.25. The summed E-state index contributed by atoms with van der Waals surface area (Å²) in [6, 6.07) is 5.89. The van der Waals surface area contributed by atoms with Crippen molar-refractivity contribution in [1.82, 2.24) is 4.90 Å². The molecule has 0 bridgehead atoms. The zero-order chi connectivity index (χ0) is 16.5. The summed E-state index contributed by atoms with van der Waals surface area (Å²) in [6.07, 6.45) is 1.01. The summed E-state index contributed by atoms with van der Waals surface area (Å²) in [5.74, 6) is -1.27. The number of aryl methyl sites for hydroxylation is 2. The molecule has 1 heterocycles. The minimum absolute atomic E-state index is 0.0820. The Kier molecular flexibility index (Phi) is 4.55. The van der Waals surface area contributed by atoms with Crippen LogP contribution in [0.2, 0.25) is 0 Å². The number of rotatable bonds is 3. The predicted molar refractivity (Wildman–Crippen MR) is 84.6 cm³/mol. The molecule has 1 aliphatic heterocycles. The van der Waals surface area contributed by atoms with E-state index in [9.17, 15) is 18.0 Å². The van der Waals surface area contributed by atoms with Gasteiger partial charge in [-0.15, -0.1) is 0 Å². The Morgan fingerprint density at radius 2 is 1.73 bits per heavy atom. The van der Waals surface area contributed by atoms with Crippen LogP contribution in [0.3, 0.4) is 0 Å². The fourth-order valence-electron chi connectivity index (χ4n) is 2.58. The first-order valence-corrected chi connectivity index (χ1v) is 9.06. The second-order valence-electron chi connectivity index (χ2n) is 5.78. The highest BCUT2D eigenvalue weighted by Gasteiger charge is 2.29. The summed E-state index contributed by atoms with van der Waals surface area (Å²) < 4.78 is 22.4. The van der Waals surface area contributed by atoms with Crippen LogP contribution in [0.5, 0.6) is 0 Å². The number of carbonyl (C=O) groups is 2. The van der Waals surface area contributed by atoms with Gasteiger partial charge in [0, 0.05) is 25.0 Å². The van der Waals surface area contributed by atoms with Crippen LogP contribution < -0.4 is 4.90 Å². The van der Waals surface area contributed by atoms with E-state index in [0.717, 1.165) is 23.1 Å². The van der Waals surface area contributed by atoms with E-state index < -0.39 is 21.5 Å². The molecule has 22 heavy (non-hydrogen) atoms. The molecule has 1 fully saturated rings. The molecule has 1 aromatic rings. The van der Waals surface area contributed by atoms with Crippen LogP contribution >= 0.6 is 0 Å². The Morgan fingerprint density at radius 3 is 2.23 bits per heavy atom. The molecule has 0 aliphatic carbocycles. The van der Waals surface area contributed by atoms with E-state index >= 15 is 0 Å². The summed E-state index contributed by atoms with van der Waals surface area (Å²) in [6.45, 7) is 4.56. The van der Waals surface area contributed by atoms with E-state index in [1.54, 1.807) is 4.90 Å². The van der Waals surface area contributed by atoms with Gasteiger partial charge in [-0.3, -0.25) is 9.59 Å². The Labute approximate surface area is 130 Å². The Hall–Kier alpha value is -1.89. The van der Waals surface area contributed by atoms with Crippen molar-refractivity contribution in [1.29, 1.82) is 0 Å². The summed E-state index contributed by atoms with van der Waals surface area (Å²) in [5.41, 5.74) is 2.95. The minimum Gasteiger partial charge on any atom is -0.331 e. The van der Waals surface area contributed by atoms with Crippen molar-refractivity contribution in [2.24, 2.45) is 0 Å². The quantitative estimate of drug-likeness (QED) is 0.812. The lowest BCUT2D eigenvalue weighted by atomic mass is 10.1. The highest BCUT2D eigenvalue weighted by atomic mass is 32.2. The van der Waals surface area contributed by atoms with Gasteiger partial charge in [0.15, 0.2) is 9.84 Å². The predicted octanol–water partition coefficient (Wildman–Crippen LogP) is 0.523. The molecule has 2 amide bonds. The van der Waals surface area contributed by atoms with Crippen molar-refractivity contribution < 1.29 is 18.0 Å². The van der Waals surface area contributed by atoms with Crippen LogP contribution in [-0.4, -0.2) is 56.8 Å². The van der Waals surface area contributed by atoms with Gasteiger partial charge in [0.25, 0.3) is 0 Å². The monoisotopic (exact) mass is 324 g/mol. The average molecular weight is 324 g/mol. The van der Waals surface area contributed by atoms with Crippen LogP contribution in [0.4, 0.5) is 5.69 Å². The first-order chi connectivity index (χ1) is 10.2. The maximum atomic E-state index is 12.3. The number of nitrogens with zero attached hydrogens (tertiary/aromatic N) is 2. The molecule has 1 saturated heterocycles. The van der Waals surface area contributed by atoms with Crippen molar-refractivity contribution in [3.63, 3.8) is 0 Å². The van der Waals surface area contributed by atoms with E-state index in [1.807, 2.05) is 32.0 Å². The first-order valence-electron chi connectivity index (χ1n) is 7.00. The molecule has 1 aliphatic rings. The Balaban J connectivity index is 2.10. The van der Waals surface area contributed by atoms with Crippen LogP contribution in [0.15, 0.2) is 18.2 Å². The van der Waals surface area contributed by atoms with E-state index in [2.05, 4.69) is 0 Å². The lowest BCUT2D eigenvalue weighted by Crippen LogP contribution is -2.53. The van der Waals surface area contributed by atoms with Crippen molar-refractivity contribution in [2.75, 3.05) is 36.5 Å². The van der Waals surface area contributed by atoms with E-state index in [1.165, 1.54) is 4.90 Å². The summed E-state index contributed by atoms with van der Waals surface area (Å²) >= 11 is 0. The molecular formula is C15H20N2O4S. The normalized spacial score (nSPS) is 16.0. The third-order valence-electron chi connectivity index (χ3n) is 3.48. The van der Waals surface area contributed by atoms with Crippen LogP contribution in [0.25, 0.3) is 0 Å². The Bertz CT molecular complexity index is 692. The molecule has 0 unspecified atom stereocenters. The molecule has 120 valence electrons. The molecule has 0 radical (unpaired) electrons. The zero-order valence-corrected chi connectivity index (χ0v) is 13.8. The van der Waals surface area contributed by atoms with E-state index in [0.29, 0.717) is 13.1 Å². The summed E-state index contributed by atoms with van der Waals surface area (Å²) in [7, 11) is -3.38. The van der Waals surface area contributed by atoms with Crippen LogP contribution in [-0.2, 0) is 19.4 Å². The number of anilines is 1. The average Bonchev–Trinajstić information content (AvgIpc) is 2.35. The number of carbonyl (C=O) groups excluding carboxylic acids is 2. The van der Waals surface area contributed by atoms with Gasteiger partial charge < -0.3 is 9.80 Å². The van der Waals surface area contributed by atoms with Gasteiger partial charge in [0.2, 0.25) is 11.8 Å². The smallest absolute Gasteiger partial charge is 0.246 e. The fourth-order valence-corrected chi connectivity index (χ4v) is 3.21. The van der Waals surface area contributed by atoms with Crippen molar-refractivity contribution in [2.45, 2.75) is 13.8 Å².